The molecule has 6 nitrogen and oxygen atoms in total. The summed E-state index contributed by atoms with van der Waals surface area (Å²) in [5.41, 5.74) is 1.22. The van der Waals surface area contributed by atoms with Gasteiger partial charge in [-0.1, -0.05) is 11.3 Å². The number of benzene rings is 1. The van der Waals surface area contributed by atoms with Crippen LogP contribution < -0.4 is 5.32 Å². The molecule has 2 rings (SSSR count). The van der Waals surface area contributed by atoms with Crippen molar-refractivity contribution in [1.82, 2.24) is 15.0 Å². The van der Waals surface area contributed by atoms with Gasteiger partial charge in [-0.3, -0.25) is 9.48 Å². The molecule has 0 aliphatic carbocycles. The third-order valence-corrected chi connectivity index (χ3v) is 2.85. The third kappa shape index (κ3) is 4.96. The molecule has 1 heterocycles. The van der Waals surface area contributed by atoms with Crippen LogP contribution in [0.4, 0.5) is 10.1 Å². The Kier molecular flexibility index (Phi) is 5.39. The maximum atomic E-state index is 13.0. The minimum Gasteiger partial charge on any atom is -0.396 e. The Hall–Kier alpha value is -2.28. The number of amides is 1. The molecule has 0 unspecified atom stereocenters. The first-order chi connectivity index (χ1) is 10.2. The number of aliphatic hydroxyl groups is 1. The summed E-state index contributed by atoms with van der Waals surface area (Å²) < 4.78 is 14.6. The van der Waals surface area contributed by atoms with Gasteiger partial charge in [0.15, 0.2) is 0 Å². The van der Waals surface area contributed by atoms with Crippen LogP contribution in [0, 0.1) is 5.82 Å². The number of nitrogens with one attached hydrogen (secondary N) is 1. The molecule has 1 aromatic carbocycles. The van der Waals surface area contributed by atoms with Gasteiger partial charge in [0, 0.05) is 24.9 Å². The Labute approximate surface area is 121 Å². The number of halogens is 1. The topological polar surface area (TPSA) is 80.0 Å². The highest BCUT2D eigenvalue weighted by atomic mass is 19.1. The molecule has 1 amide bonds. The molecule has 0 fully saturated rings. The molecule has 0 bridgehead atoms. The van der Waals surface area contributed by atoms with Crippen molar-refractivity contribution in [3.63, 3.8) is 0 Å². The first-order valence-corrected chi connectivity index (χ1v) is 6.72. The minimum absolute atomic E-state index is 0.114. The number of hydrogen-bond donors (Lipinski definition) is 2. The fraction of sp³-hybridized carbons (Fsp3) is 0.357. The molecule has 1 aromatic heterocycles. The quantitative estimate of drug-likeness (QED) is 0.807. The molecule has 0 aliphatic heterocycles. The lowest BCUT2D eigenvalue weighted by Crippen LogP contribution is -2.14. The number of hydrogen-bond acceptors (Lipinski definition) is 4. The van der Waals surface area contributed by atoms with Crippen molar-refractivity contribution in [2.75, 3.05) is 11.9 Å². The second-order valence-corrected chi connectivity index (χ2v) is 4.61. The molecular weight excluding hydrogens is 275 g/mol. The summed E-state index contributed by atoms with van der Waals surface area (Å²) in [6.07, 6.45) is 3.27. The molecule has 0 atom stereocenters. The highest BCUT2D eigenvalue weighted by molar-refractivity contribution is 5.90. The molecule has 2 N–H and O–H groups in total. The van der Waals surface area contributed by atoms with Gasteiger partial charge in [-0.15, -0.1) is 5.10 Å². The second kappa shape index (κ2) is 7.49. The average Bonchev–Trinajstić information content (AvgIpc) is 2.91. The summed E-state index contributed by atoms with van der Waals surface area (Å²) in [6, 6.07) is 5.75. The lowest BCUT2D eigenvalue weighted by atomic mass is 10.2. The molecular formula is C14H17FN4O2. The first-order valence-electron chi connectivity index (χ1n) is 6.72. The molecule has 21 heavy (non-hydrogen) atoms. The molecule has 0 saturated heterocycles. The zero-order valence-electron chi connectivity index (χ0n) is 11.5. The zero-order chi connectivity index (χ0) is 15.1. The van der Waals surface area contributed by atoms with Crippen molar-refractivity contribution in [2.24, 2.45) is 0 Å². The Balaban J connectivity index is 1.79. The third-order valence-electron chi connectivity index (χ3n) is 2.85. The van der Waals surface area contributed by atoms with E-state index < -0.39 is 5.82 Å². The number of aryl methyl sites for hydroxylation is 2. The van der Waals surface area contributed by atoms with E-state index in [-0.39, 0.29) is 18.9 Å². The summed E-state index contributed by atoms with van der Waals surface area (Å²) in [4.78, 5) is 11.7. The van der Waals surface area contributed by atoms with Crippen LogP contribution in [0.2, 0.25) is 0 Å². The van der Waals surface area contributed by atoms with E-state index in [2.05, 4.69) is 15.6 Å². The second-order valence-electron chi connectivity index (χ2n) is 4.61. The fourth-order valence-electron chi connectivity index (χ4n) is 1.83. The molecule has 7 heteroatoms. The van der Waals surface area contributed by atoms with Crippen molar-refractivity contribution < 1.29 is 14.3 Å². The van der Waals surface area contributed by atoms with Crippen LogP contribution in [-0.2, 0) is 17.8 Å². The van der Waals surface area contributed by atoms with Gasteiger partial charge in [0.2, 0.25) is 5.91 Å². The number of nitrogens with zero attached hydrogens (tertiary/aromatic N) is 3. The van der Waals surface area contributed by atoms with Crippen molar-refractivity contribution >= 4 is 11.6 Å². The average molecular weight is 292 g/mol. The first kappa shape index (κ1) is 15.1. The monoisotopic (exact) mass is 292 g/mol. The number of rotatable bonds is 7. The summed E-state index contributed by atoms with van der Waals surface area (Å²) in [7, 11) is 0. The summed E-state index contributed by atoms with van der Waals surface area (Å²) in [5, 5.41) is 19.2. The van der Waals surface area contributed by atoms with Crippen LogP contribution in [-0.4, -0.2) is 32.6 Å². The van der Waals surface area contributed by atoms with E-state index in [1.165, 1.54) is 18.2 Å². The SMILES string of the molecule is O=C(CCn1cc(CCCO)nn1)Nc1cccc(F)c1. The molecule has 2 aromatic rings. The zero-order valence-corrected chi connectivity index (χ0v) is 11.5. The number of aromatic nitrogens is 3. The van der Waals surface area contributed by atoms with E-state index >= 15 is 0 Å². The van der Waals surface area contributed by atoms with Gasteiger partial charge in [-0.2, -0.15) is 0 Å². The van der Waals surface area contributed by atoms with Gasteiger partial charge in [0.1, 0.15) is 5.82 Å². The Morgan fingerprint density at radius 3 is 3.05 bits per heavy atom. The summed E-state index contributed by atoms with van der Waals surface area (Å²) in [5.74, 6) is -0.606. The molecule has 0 spiro atoms. The summed E-state index contributed by atoms with van der Waals surface area (Å²) >= 11 is 0. The smallest absolute Gasteiger partial charge is 0.226 e. The number of aliphatic hydroxyl groups excluding tert-OH is 1. The largest absolute Gasteiger partial charge is 0.396 e. The molecule has 0 aliphatic rings. The minimum atomic E-state index is -0.391. The van der Waals surface area contributed by atoms with E-state index in [4.69, 9.17) is 5.11 Å². The van der Waals surface area contributed by atoms with Gasteiger partial charge in [-0.25, -0.2) is 4.39 Å². The van der Waals surface area contributed by atoms with Gasteiger partial charge < -0.3 is 10.4 Å². The van der Waals surface area contributed by atoms with Crippen LogP contribution in [0.5, 0.6) is 0 Å². The van der Waals surface area contributed by atoms with Crippen molar-refractivity contribution in [3.05, 3.63) is 42.0 Å². The number of carbonyl (C=O) groups is 1. The maximum Gasteiger partial charge on any atom is 0.226 e. The van der Waals surface area contributed by atoms with E-state index in [0.29, 0.717) is 25.1 Å². The van der Waals surface area contributed by atoms with E-state index in [9.17, 15) is 9.18 Å². The number of anilines is 1. The van der Waals surface area contributed by atoms with Crippen LogP contribution >= 0.6 is 0 Å². The van der Waals surface area contributed by atoms with Gasteiger partial charge in [-0.05, 0) is 31.0 Å². The highest BCUT2D eigenvalue weighted by Crippen LogP contribution is 2.09. The van der Waals surface area contributed by atoms with Crippen LogP contribution in [0.3, 0.4) is 0 Å². The van der Waals surface area contributed by atoms with Gasteiger partial charge >= 0.3 is 0 Å². The van der Waals surface area contributed by atoms with Crippen molar-refractivity contribution in [2.45, 2.75) is 25.8 Å². The standard InChI is InChI=1S/C14H17FN4O2/c15-11-3-1-4-12(9-11)16-14(21)6-7-19-10-13(17-18-19)5-2-8-20/h1,3-4,9-10,20H,2,5-8H2,(H,16,21). The van der Waals surface area contributed by atoms with Crippen LogP contribution in [0.1, 0.15) is 18.5 Å². The Bertz CT molecular complexity index is 600. The lowest BCUT2D eigenvalue weighted by Gasteiger charge is -2.05. The fourth-order valence-corrected chi connectivity index (χ4v) is 1.83. The van der Waals surface area contributed by atoms with Gasteiger partial charge in [0.05, 0.1) is 12.2 Å². The Morgan fingerprint density at radius 2 is 2.29 bits per heavy atom. The van der Waals surface area contributed by atoms with E-state index in [0.717, 1.165) is 5.69 Å². The predicted molar refractivity (Wildman–Crippen MR) is 75.1 cm³/mol. The number of carbonyl (C=O) groups excluding carboxylic acids is 1. The van der Waals surface area contributed by atoms with E-state index in [1.54, 1.807) is 16.9 Å². The molecule has 0 radical (unpaired) electrons. The molecule has 112 valence electrons. The van der Waals surface area contributed by atoms with E-state index in [1.807, 2.05) is 0 Å². The normalized spacial score (nSPS) is 10.6. The van der Waals surface area contributed by atoms with Crippen LogP contribution in [0.15, 0.2) is 30.5 Å². The van der Waals surface area contributed by atoms with Gasteiger partial charge in [0.25, 0.3) is 0 Å². The summed E-state index contributed by atoms with van der Waals surface area (Å²) in [6.45, 7) is 0.510. The maximum absolute atomic E-state index is 13.0. The van der Waals surface area contributed by atoms with Crippen molar-refractivity contribution in [3.8, 4) is 0 Å². The Morgan fingerprint density at radius 1 is 1.43 bits per heavy atom. The lowest BCUT2D eigenvalue weighted by molar-refractivity contribution is -0.116. The highest BCUT2D eigenvalue weighted by Gasteiger charge is 2.05. The predicted octanol–water partition coefficient (Wildman–Crippen LogP) is 1.37. The molecule has 0 saturated carbocycles. The van der Waals surface area contributed by atoms with Crippen LogP contribution in [0.25, 0.3) is 0 Å². The van der Waals surface area contributed by atoms with Crippen molar-refractivity contribution in [1.29, 1.82) is 0 Å².